The third-order valence-electron chi connectivity index (χ3n) is 3.99. The summed E-state index contributed by atoms with van der Waals surface area (Å²) in [7, 11) is 0. The van der Waals surface area contributed by atoms with Gasteiger partial charge in [-0.1, -0.05) is 0 Å². The Morgan fingerprint density at radius 1 is 1.39 bits per heavy atom. The summed E-state index contributed by atoms with van der Waals surface area (Å²) in [5, 5.41) is 2.89. The fraction of sp³-hybridized carbons (Fsp3) is 0.625. The number of rotatable bonds is 7. The number of aromatic nitrogens is 1. The van der Waals surface area contributed by atoms with Gasteiger partial charge in [-0.2, -0.15) is 0 Å². The number of hydrogen-bond acceptors (Lipinski definition) is 4. The summed E-state index contributed by atoms with van der Waals surface area (Å²) in [4.78, 5) is 18.6. The first-order valence-electron chi connectivity index (χ1n) is 7.79. The number of anilines is 1. The standard InChI is InChI=1S/C16H26N4O.2ClH/c1-4-20(11(2)3)15-8-7-13(9-18-15)16(21)19-10-14(17)12-5-6-12;;/h7-9,11-12,14H,4-6,10,17H2,1-3H3,(H,19,21);2*1H. The lowest BCUT2D eigenvalue weighted by atomic mass is 10.2. The minimum Gasteiger partial charge on any atom is -0.354 e. The minimum atomic E-state index is -0.0993. The lowest BCUT2D eigenvalue weighted by Crippen LogP contribution is -2.38. The van der Waals surface area contributed by atoms with Gasteiger partial charge in [0, 0.05) is 31.4 Å². The molecular weight excluding hydrogens is 335 g/mol. The third kappa shape index (κ3) is 6.16. The molecule has 1 fully saturated rings. The van der Waals surface area contributed by atoms with E-state index in [1.165, 1.54) is 12.8 Å². The second-order valence-electron chi connectivity index (χ2n) is 6.00. The van der Waals surface area contributed by atoms with Crippen LogP contribution in [-0.2, 0) is 0 Å². The SMILES string of the molecule is CCN(c1ccc(C(=O)NCC(N)C2CC2)cn1)C(C)C.Cl.Cl. The van der Waals surface area contributed by atoms with Crippen LogP contribution in [0.4, 0.5) is 5.82 Å². The first-order chi connectivity index (χ1) is 10.0. The molecule has 1 aromatic rings. The Kier molecular flexibility index (Phi) is 9.51. The zero-order chi connectivity index (χ0) is 15.4. The van der Waals surface area contributed by atoms with Gasteiger partial charge in [-0.3, -0.25) is 4.79 Å². The Labute approximate surface area is 151 Å². The number of halogens is 2. The molecular formula is C16H28Cl2N4O. The fourth-order valence-electron chi connectivity index (χ4n) is 2.49. The van der Waals surface area contributed by atoms with Crippen LogP contribution in [0.3, 0.4) is 0 Å². The maximum Gasteiger partial charge on any atom is 0.252 e. The van der Waals surface area contributed by atoms with Gasteiger partial charge in [-0.25, -0.2) is 4.98 Å². The van der Waals surface area contributed by atoms with Crippen molar-refractivity contribution >= 4 is 36.5 Å². The van der Waals surface area contributed by atoms with Gasteiger partial charge in [0.2, 0.25) is 0 Å². The summed E-state index contributed by atoms with van der Waals surface area (Å²) in [5.41, 5.74) is 6.57. The van der Waals surface area contributed by atoms with Crippen LogP contribution in [-0.4, -0.2) is 36.1 Å². The normalized spacial score (nSPS) is 14.5. The number of amides is 1. The van der Waals surface area contributed by atoms with E-state index in [1.807, 2.05) is 12.1 Å². The third-order valence-corrected chi connectivity index (χ3v) is 3.99. The Morgan fingerprint density at radius 2 is 2.04 bits per heavy atom. The first kappa shape index (κ1) is 22.0. The zero-order valence-electron chi connectivity index (χ0n) is 14.0. The van der Waals surface area contributed by atoms with Gasteiger partial charge >= 0.3 is 0 Å². The van der Waals surface area contributed by atoms with Crippen LogP contribution in [0.1, 0.15) is 44.0 Å². The van der Waals surface area contributed by atoms with Crippen LogP contribution >= 0.6 is 24.8 Å². The number of nitrogens with one attached hydrogen (secondary N) is 1. The second-order valence-corrected chi connectivity index (χ2v) is 6.00. The van der Waals surface area contributed by atoms with E-state index < -0.39 is 0 Å². The van der Waals surface area contributed by atoms with E-state index in [0.717, 1.165) is 12.4 Å². The van der Waals surface area contributed by atoms with Gasteiger partial charge in [0.25, 0.3) is 5.91 Å². The molecule has 2 rings (SSSR count). The number of pyridine rings is 1. The molecule has 23 heavy (non-hydrogen) atoms. The van der Waals surface area contributed by atoms with Crippen molar-refractivity contribution in [3.63, 3.8) is 0 Å². The molecule has 1 heterocycles. The van der Waals surface area contributed by atoms with E-state index in [-0.39, 0.29) is 36.8 Å². The molecule has 132 valence electrons. The smallest absolute Gasteiger partial charge is 0.252 e. The van der Waals surface area contributed by atoms with Gasteiger partial charge in [-0.15, -0.1) is 24.8 Å². The highest BCUT2D eigenvalue weighted by molar-refractivity contribution is 5.94. The molecule has 5 nitrogen and oxygen atoms in total. The molecule has 7 heteroatoms. The van der Waals surface area contributed by atoms with Crippen molar-refractivity contribution in [1.82, 2.24) is 10.3 Å². The molecule has 0 aliphatic heterocycles. The quantitative estimate of drug-likeness (QED) is 0.781. The Balaban J connectivity index is 0.00000242. The van der Waals surface area contributed by atoms with E-state index in [1.54, 1.807) is 6.20 Å². The average molecular weight is 363 g/mol. The maximum absolute atomic E-state index is 12.1. The van der Waals surface area contributed by atoms with Crippen molar-refractivity contribution < 1.29 is 4.79 Å². The lowest BCUT2D eigenvalue weighted by molar-refractivity contribution is 0.0950. The van der Waals surface area contributed by atoms with Crippen molar-refractivity contribution in [2.75, 3.05) is 18.0 Å². The summed E-state index contributed by atoms with van der Waals surface area (Å²) < 4.78 is 0. The largest absolute Gasteiger partial charge is 0.354 e. The van der Waals surface area contributed by atoms with E-state index in [9.17, 15) is 4.79 Å². The van der Waals surface area contributed by atoms with Crippen molar-refractivity contribution in [1.29, 1.82) is 0 Å². The minimum absolute atomic E-state index is 0. The molecule has 1 unspecified atom stereocenters. The van der Waals surface area contributed by atoms with E-state index in [4.69, 9.17) is 5.73 Å². The van der Waals surface area contributed by atoms with Crippen LogP contribution in [0.15, 0.2) is 18.3 Å². The molecule has 1 aliphatic carbocycles. The Hall–Kier alpha value is -1.04. The van der Waals surface area contributed by atoms with Crippen LogP contribution in [0.2, 0.25) is 0 Å². The first-order valence-corrected chi connectivity index (χ1v) is 7.79. The second kappa shape index (κ2) is 9.96. The number of carbonyl (C=O) groups is 1. The highest BCUT2D eigenvalue weighted by Crippen LogP contribution is 2.31. The highest BCUT2D eigenvalue weighted by Gasteiger charge is 2.28. The van der Waals surface area contributed by atoms with Crippen molar-refractivity contribution in [2.24, 2.45) is 11.7 Å². The number of nitrogens with zero attached hydrogens (tertiary/aromatic N) is 2. The molecule has 1 saturated carbocycles. The summed E-state index contributed by atoms with van der Waals surface area (Å²) in [6.07, 6.45) is 4.02. The zero-order valence-corrected chi connectivity index (χ0v) is 15.6. The molecule has 1 amide bonds. The summed E-state index contributed by atoms with van der Waals surface area (Å²) in [6.45, 7) is 7.79. The topological polar surface area (TPSA) is 71.2 Å². The monoisotopic (exact) mass is 362 g/mol. The molecule has 0 radical (unpaired) electrons. The van der Waals surface area contributed by atoms with E-state index in [0.29, 0.717) is 24.1 Å². The molecule has 3 N–H and O–H groups in total. The molecule has 1 aliphatic rings. The van der Waals surface area contributed by atoms with Crippen LogP contribution < -0.4 is 16.0 Å². The van der Waals surface area contributed by atoms with Crippen LogP contribution in [0.5, 0.6) is 0 Å². The van der Waals surface area contributed by atoms with Gasteiger partial charge in [0.1, 0.15) is 5.82 Å². The molecule has 0 aromatic carbocycles. The van der Waals surface area contributed by atoms with Gasteiger partial charge in [0.15, 0.2) is 0 Å². The summed E-state index contributed by atoms with van der Waals surface area (Å²) in [6, 6.07) is 4.20. The highest BCUT2D eigenvalue weighted by atomic mass is 35.5. The fourth-order valence-corrected chi connectivity index (χ4v) is 2.49. The van der Waals surface area contributed by atoms with Gasteiger partial charge < -0.3 is 16.0 Å². The summed E-state index contributed by atoms with van der Waals surface area (Å²) >= 11 is 0. The van der Waals surface area contributed by atoms with Crippen molar-refractivity contribution in [3.05, 3.63) is 23.9 Å². The van der Waals surface area contributed by atoms with Crippen molar-refractivity contribution in [2.45, 2.75) is 45.7 Å². The Morgan fingerprint density at radius 3 is 2.48 bits per heavy atom. The summed E-state index contributed by atoms with van der Waals surface area (Å²) in [5.74, 6) is 1.39. The lowest BCUT2D eigenvalue weighted by Gasteiger charge is -2.26. The molecule has 0 bridgehead atoms. The molecule has 1 aromatic heterocycles. The van der Waals surface area contributed by atoms with Gasteiger partial charge in [-0.05, 0) is 51.7 Å². The van der Waals surface area contributed by atoms with Gasteiger partial charge in [0.05, 0.1) is 5.56 Å². The Bertz CT molecular complexity index is 477. The molecule has 0 spiro atoms. The van der Waals surface area contributed by atoms with Crippen LogP contribution in [0, 0.1) is 5.92 Å². The number of hydrogen-bond donors (Lipinski definition) is 2. The number of carbonyl (C=O) groups excluding carboxylic acids is 1. The number of nitrogens with two attached hydrogens (primary N) is 1. The predicted octanol–water partition coefficient (Wildman–Crippen LogP) is 2.63. The predicted molar refractivity (Wildman–Crippen MR) is 99.9 cm³/mol. The van der Waals surface area contributed by atoms with E-state index in [2.05, 4.69) is 36.0 Å². The maximum atomic E-state index is 12.1. The van der Waals surface area contributed by atoms with Crippen molar-refractivity contribution in [3.8, 4) is 0 Å². The van der Waals surface area contributed by atoms with Crippen LogP contribution in [0.25, 0.3) is 0 Å². The van der Waals surface area contributed by atoms with E-state index >= 15 is 0 Å². The molecule has 0 saturated heterocycles. The molecule has 1 atom stereocenters. The average Bonchev–Trinajstić information content (AvgIpc) is 3.30.